The highest BCUT2D eigenvalue weighted by Gasteiger charge is 2.42. The molecule has 0 unspecified atom stereocenters. The lowest BCUT2D eigenvalue weighted by atomic mass is 9.78. The van der Waals surface area contributed by atoms with Gasteiger partial charge in [0, 0.05) is 21.6 Å². The molecule has 20 heavy (non-hydrogen) atoms. The third-order valence-electron chi connectivity index (χ3n) is 3.82. The van der Waals surface area contributed by atoms with Gasteiger partial charge < -0.3 is 5.73 Å². The van der Waals surface area contributed by atoms with Crippen molar-refractivity contribution in [3.63, 3.8) is 0 Å². The number of ketones is 1. The van der Waals surface area contributed by atoms with Gasteiger partial charge in [0.05, 0.1) is 5.92 Å². The van der Waals surface area contributed by atoms with Crippen LogP contribution in [0.1, 0.15) is 36.0 Å². The van der Waals surface area contributed by atoms with Crippen molar-refractivity contribution in [3.8, 4) is 0 Å². The molecule has 2 N–H and O–H groups in total. The molecule has 0 radical (unpaired) electrons. The molecule has 0 aromatic heterocycles. The minimum atomic E-state index is -4.14. The zero-order valence-corrected chi connectivity index (χ0v) is 12.3. The Hall–Kier alpha value is -1.04. The maximum absolute atomic E-state index is 12.6. The van der Waals surface area contributed by atoms with Crippen LogP contribution in [-0.4, -0.2) is 12.0 Å². The van der Waals surface area contributed by atoms with Crippen molar-refractivity contribution in [2.45, 2.75) is 31.9 Å². The van der Waals surface area contributed by atoms with Crippen molar-refractivity contribution in [2.75, 3.05) is 5.73 Å². The second-order valence-corrected chi connectivity index (χ2v) is 6.05. The van der Waals surface area contributed by atoms with E-state index in [0.29, 0.717) is 28.6 Å². The highest BCUT2D eigenvalue weighted by molar-refractivity contribution is 9.10. The molecule has 0 saturated heterocycles. The summed E-state index contributed by atoms with van der Waals surface area (Å²) in [4.78, 5) is 12.3. The van der Waals surface area contributed by atoms with Gasteiger partial charge in [0.15, 0.2) is 5.78 Å². The third-order valence-corrected chi connectivity index (χ3v) is 4.48. The molecule has 0 amide bonds. The first-order valence-corrected chi connectivity index (χ1v) is 7.24. The number of hydrogen-bond acceptors (Lipinski definition) is 2. The SMILES string of the molecule is Nc1ccc(C(=O)C2CCC(C(F)(F)F)CC2)c(Br)c1. The van der Waals surface area contributed by atoms with Gasteiger partial charge in [-0.2, -0.15) is 13.2 Å². The van der Waals surface area contributed by atoms with Gasteiger partial charge in [-0.25, -0.2) is 0 Å². The van der Waals surface area contributed by atoms with Crippen LogP contribution in [0.3, 0.4) is 0 Å². The first-order valence-electron chi connectivity index (χ1n) is 6.45. The lowest BCUT2D eigenvalue weighted by molar-refractivity contribution is -0.183. The summed E-state index contributed by atoms with van der Waals surface area (Å²) < 4.78 is 38.4. The first kappa shape index (κ1) is 15.4. The summed E-state index contributed by atoms with van der Waals surface area (Å²) in [5, 5.41) is 0. The molecule has 110 valence electrons. The molecule has 1 aromatic rings. The van der Waals surface area contributed by atoms with Gasteiger partial charge in [0.2, 0.25) is 0 Å². The van der Waals surface area contributed by atoms with Crippen LogP contribution < -0.4 is 5.73 Å². The van der Waals surface area contributed by atoms with E-state index < -0.39 is 12.1 Å². The van der Waals surface area contributed by atoms with Crippen LogP contribution in [0.4, 0.5) is 18.9 Å². The molecular formula is C14H15BrF3NO. The van der Waals surface area contributed by atoms with Crippen LogP contribution >= 0.6 is 15.9 Å². The van der Waals surface area contributed by atoms with Crippen LogP contribution in [0.2, 0.25) is 0 Å². The predicted octanol–water partition coefficient (Wildman–Crippen LogP) is 4.58. The molecule has 6 heteroatoms. The highest BCUT2D eigenvalue weighted by atomic mass is 79.9. The predicted molar refractivity (Wildman–Crippen MR) is 74.4 cm³/mol. The summed E-state index contributed by atoms with van der Waals surface area (Å²) in [6, 6.07) is 4.88. The molecule has 2 nitrogen and oxygen atoms in total. The number of anilines is 1. The quantitative estimate of drug-likeness (QED) is 0.627. The van der Waals surface area contributed by atoms with Crippen LogP contribution in [0.5, 0.6) is 0 Å². The summed E-state index contributed by atoms with van der Waals surface area (Å²) in [7, 11) is 0. The molecule has 0 aliphatic heterocycles. The van der Waals surface area contributed by atoms with Gasteiger partial charge in [-0.05, 0) is 59.8 Å². The zero-order valence-electron chi connectivity index (χ0n) is 10.7. The van der Waals surface area contributed by atoms with E-state index in [4.69, 9.17) is 5.73 Å². The van der Waals surface area contributed by atoms with Crippen molar-refractivity contribution in [1.29, 1.82) is 0 Å². The number of carbonyl (C=O) groups excluding carboxylic acids is 1. The molecule has 1 aliphatic carbocycles. The van der Waals surface area contributed by atoms with Crippen LogP contribution in [0.25, 0.3) is 0 Å². The molecule has 1 fully saturated rings. The van der Waals surface area contributed by atoms with Crippen molar-refractivity contribution >= 4 is 27.4 Å². The second kappa shape index (κ2) is 5.76. The van der Waals surface area contributed by atoms with Gasteiger partial charge in [-0.15, -0.1) is 0 Å². The average Bonchev–Trinajstić information content (AvgIpc) is 2.37. The fraction of sp³-hybridized carbons (Fsp3) is 0.500. The second-order valence-electron chi connectivity index (χ2n) is 5.19. The largest absolute Gasteiger partial charge is 0.399 e. The molecule has 0 atom stereocenters. The van der Waals surface area contributed by atoms with Crippen LogP contribution in [-0.2, 0) is 0 Å². The van der Waals surface area contributed by atoms with E-state index in [9.17, 15) is 18.0 Å². The number of nitrogen functional groups attached to an aromatic ring is 1. The lowest BCUT2D eigenvalue weighted by Gasteiger charge is -2.29. The topological polar surface area (TPSA) is 43.1 Å². The van der Waals surface area contributed by atoms with E-state index in [1.54, 1.807) is 18.2 Å². The third kappa shape index (κ3) is 3.34. The molecule has 1 aliphatic rings. The van der Waals surface area contributed by atoms with E-state index in [0.717, 1.165) is 0 Å². The fourth-order valence-corrected chi connectivity index (χ4v) is 3.23. The molecule has 0 heterocycles. The Bertz CT molecular complexity index is 508. The van der Waals surface area contributed by atoms with Crippen molar-refractivity contribution < 1.29 is 18.0 Å². The Morgan fingerprint density at radius 3 is 2.30 bits per heavy atom. The first-order chi connectivity index (χ1) is 9.29. The Morgan fingerprint density at radius 1 is 1.20 bits per heavy atom. The van der Waals surface area contributed by atoms with E-state index in [1.165, 1.54) is 0 Å². The summed E-state index contributed by atoms with van der Waals surface area (Å²) in [6.45, 7) is 0. The minimum Gasteiger partial charge on any atom is -0.399 e. The smallest absolute Gasteiger partial charge is 0.391 e. The number of Topliss-reactive ketones (excluding diaryl/α,β-unsaturated/α-hetero) is 1. The Balaban J connectivity index is 2.05. The molecule has 2 rings (SSSR count). The van der Waals surface area contributed by atoms with E-state index in [-0.39, 0.29) is 24.5 Å². The number of halogens is 4. The van der Waals surface area contributed by atoms with Gasteiger partial charge in [0.25, 0.3) is 0 Å². The number of nitrogens with two attached hydrogens (primary N) is 1. The molecule has 1 aromatic carbocycles. The van der Waals surface area contributed by atoms with Gasteiger partial charge >= 0.3 is 6.18 Å². The van der Waals surface area contributed by atoms with E-state index >= 15 is 0 Å². The van der Waals surface area contributed by atoms with Crippen LogP contribution in [0.15, 0.2) is 22.7 Å². The maximum Gasteiger partial charge on any atom is 0.391 e. The van der Waals surface area contributed by atoms with Gasteiger partial charge in [-0.1, -0.05) is 0 Å². The lowest BCUT2D eigenvalue weighted by Crippen LogP contribution is -2.30. The fourth-order valence-electron chi connectivity index (χ4n) is 2.63. The number of hydrogen-bond donors (Lipinski definition) is 1. The summed E-state index contributed by atoms with van der Waals surface area (Å²) >= 11 is 3.28. The van der Waals surface area contributed by atoms with Crippen molar-refractivity contribution in [1.82, 2.24) is 0 Å². The maximum atomic E-state index is 12.6. The normalized spacial score (nSPS) is 23.6. The van der Waals surface area contributed by atoms with Crippen molar-refractivity contribution in [2.24, 2.45) is 11.8 Å². The molecular weight excluding hydrogens is 335 g/mol. The Morgan fingerprint density at radius 2 is 1.80 bits per heavy atom. The van der Waals surface area contributed by atoms with Crippen LogP contribution in [0, 0.1) is 11.8 Å². The number of rotatable bonds is 2. The van der Waals surface area contributed by atoms with Gasteiger partial charge in [0.1, 0.15) is 0 Å². The minimum absolute atomic E-state index is 0.0342. The van der Waals surface area contributed by atoms with E-state index in [1.807, 2.05) is 0 Å². The van der Waals surface area contributed by atoms with E-state index in [2.05, 4.69) is 15.9 Å². The average molecular weight is 350 g/mol. The summed E-state index contributed by atoms with van der Waals surface area (Å²) in [5.41, 5.74) is 6.64. The van der Waals surface area contributed by atoms with Gasteiger partial charge in [-0.3, -0.25) is 4.79 Å². The highest BCUT2D eigenvalue weighted by Crippen LogP contribution is 2.40. The number of benzene rings is 1. The Labute approximate surface area is 123 Å². The molecule has 0 spiro atoms. The zero-order chi connectivity index (χ0) is 14.9. The standard InChI is InChI=1S/C14H15BrF3NO/c15-12-7-10(19)5-6-11(12)13(20)8-1-3-9(4-2-8)14(16,17)18/h5-9H,1-4,19H2. The summed E-state index contributed by atoms with van der Waals surface area (Å²) in [5.74, 6) is -1.69. The molecule has 1 saturated carbocycles. The number of alkyl halides is 3. The van der Waals surface area contributed by atoms with Crippen molar-refractivity contribution in [3.05, 3.63) is 28.2 Å². The Kier molecular flexibility index (Phi) is 4.42. The summed E-state index contributed by atoms with van der Waals surface area (Å²) in [6.07, 6.45) is -3.49. The molecule has 0 bridgehead atoms. The number of carbonyl (C=O) groups is 1. The monoisotopic (exact) mass is 349 g/mol.